The number of anilines is 1. The van der Waals surface area contributed by atoms with Crippen molar-refractivity contribution in [3.05, 3.63) is 29.8 Å². The monoisotopic (exact) mass is 222 g/mol. The van der Waals surface area contributed by atoms with E-state index in [-0.39, 0.29) is 11.9 Å². The lowest BCUT2D eigenvalue weighted by atomic mass is 10.2. The maximum atomic E-state index is 11.7. The molecule has 1 amide bonds. The van der Waals surface area contributed by atoms with Crippen LogP contribution in [0, 0.1) is 0 Å². The fourth-order valence-electron chi connectivity index (χ4n) is 1.32. The van der Waals surface area contributed by atoms with E-state index in [9.17, 15) is 4.79 Å². The molecule has 3 N–H and O–H groups in total. The number of rotatable bonds is 5. The Morgan fingerprint density at radius 2 is 2.31 bits per heavy atom. The average molecular weight is 222 g/mol. The first-order valence-electron chi connectivity index (χ1n) is 5.37. The second kappa shape index (κ2) is 6.12. The van der Waals surface area contributed by atoms with Crippen LogP contribution in [0.1, 0.15) is 24.2 Å². The van der Waals surface area contributed by atoms with Crippen LogP contribution in [0.25, 0.3) is 0 Å². The standard InChI is InChI=1S/C12H18N2O2/c1-3-16-8-9(2)14-12(15)10-5-4-6-11(13)7-10/h4-7,9H,3,8,13H2,1-2H3,(H,14,15). The van der Waals surface area contributed by atoms with Crippen LogP contribution >= 0.6 is 0 Å². The SMILES string of the molecule is CCOCC(C)NC(=O)c1cccc(N)c1. The normalized spacial score (nSPS) is 12.1. The smallest absolute Gasteiger partial charge is 0.251 e. The lowest BCUT2D eigenvalue weighted by molar-refractivity contribution is 0.0872. The summed E-state index contributed by atoms with van der Waals surface area (Å²) in [5.74, 6) is -0.125. The van der Waals surface area contributed by atoms with E-state index in [1.165, 1.54) is 0 Å². The van der Waals surface area contributed by atoms with Crippen molar-refractivity contribution in [2.45, 2.75) is 19.9 Å². The van der Waals surface area contributed by atoms with Crippen LogP contribution in [0.3, 0.4) is 0 Å². The molecule has 0 radical (unpaired) electrons. The zero-order chi connectivity index (χ0) is 12.0. The fraction of sp³-hybridized carbons (Fsp3) is 0.417. The van der Waals surface area contributed by atoms with E-state index in [4.69, 9.17) is 10.5 Å². The minimum absolute atomic E-state index is 0.00567. The lowest BCUT2D eigenvalue weighted by Crippen LogP contribution is -2.35. The molecule has 0 saturated heterocycles. The highest BCUT2D eigenvalue weighted by Crippen LogP contribution is 2.06. The van der Waals surface area contributed by atoms with Crippen molar-refractivity contribution in [3.8, 4) is 0 Å². The molecule has 16 heavy (non-hydrogen) atoms. The molecular formula is C12H18N2O2. The van der Waals surface area contributed by atoms with Gasteiger partial charge in [-0.3, -0.25) is 4.79 Å². The molecule has 0 fully saturated rings. The summed E-state index contributed by atoms with van der Waals surface area (Å²) in [6, 6.07) is 6.90. The molecule has 88 valence electrons. The fourth-order valence-corrected chi connectivity index (χ4v) is 1.32. The lowest BCUT2D eigenvalue weighted by Gasteiger charge is -2.13. The summed E-state index contributed by atoms with van der Waals surface area (Å²) in [5.41, 5.74) is 6.76. The second-order valence-electron chi connectivity index (χ2n) is 3.66. The number of carbonyl (C=O) groups excluding carboxylic acids is 1. The Labute approximate surface area is 95.8 Å². The van der Waals surface area contributed by atoms with E-state index in [0.29, 0.717) is 24.5 Å². The van der Waals surface area contributed by atoms with E-state index < -0.39 is 0 Å². The summed E-state index contributed by atoms with van der Waals surface area (Å²) in [6.45, 7) is 5.00. The van der Waals surface area contributed by atoms with Gasteiger partial charge in [0.25, 0.3) is 5.91 Å². The molecule has 0 bridgehead atoms. The molecule has 1 aromatic rings. The van der Waals surface area contributed by atoms with E-state index in [1.54, 1.807) is 24.3 Å². The third kappa shape index (κ3) is 3.90. The minimum Gasteiger partial charge on any atom is -0.399 e. The van der Waals surface area contributed by atoms with Crippen LogP contribution in [0.15, 0.2) is 24.3 Å². The number of ether oxygens (including phenoxy) is 1. The molecule has 0 aromatic heterocycles. The van der Waals surface area contributed by atoms with E-state index in [2.05, 4.69) is 5.32 Å². The van der Waals surface area contributed by atoms with Crippen molar-refractivity contribution in [2.24, 2.45) is 0 Å². The molecule has 4 heteroatoms. The topological polar surface area (TPSA) is 64.3 Å². The van der Waals surface area contributed by atoms with E-state index in [0.717, 1.165) is 0 Å². The van der Waals surface area contributed by atoms with Crippen LogP contribution in [-0.4, -0.2) is 25.2 Å². The maximum absolute atomic E-state index is 11.7. The summed E-state index contributed by atoms with van der Waals surface area (Å²) in [4.78, 5) is 11.7. The van der Waals surface area contributed by atoms with Crippen molar-refractivity contribution < 1.29 is 9.53 Å². The number of carbonyl (C=O) groups is 1. The highest BCUT2D eigenvalue weighted by Gasteiger charge is 2.09. The molecule has 0 spiro atoms. The van der Waals surface area contributed by atoms with Gasteiger partial charge in [-0.15, -0.1) is 0 Å². The van der Waals surface area contributed by atoms with Crippen molar-refractivity contribution >= 4 is 11.6 Å². The Morgan fingerprint density at radius 3 is 2.94 bits per heavy atom. The van der Waals surface area contributed by atoms with Crippen LogP contribution in [0.4, 0.5) is 5.69 Å². The number of benzene rings is 1. The number of amides is 1. The number of nitrogen functional groups attached to an aromatic ring is 1. The van der Waals surface area contributed by atoms with E-state index >= 15 is 0 Å². The van der Waals surface area contributed by atoms with Gasteiger partial charge >= 0.3 is 0 Å². The first-order valence-corrected chi connectivity index (χ1v) is 5.37. The summed E-state index contributed by atoms with van der Waals surface area (Å²) in [6.07, 6.45) is 0. The third-order valence-corrected chi connectivity index (χ3v) is 2.10. The van der Waals surface area contributed by atoms with Gasteiger partial charge in [-0.05, 0) is 32.0 Å². The summed E-state index contributed by atoms with van der Waals surface area (Å²) in [5, 5.41) is 2.84. The van der Waals surface area contributed by atoms with Gasteiger partial charge in [0.15, 0.2) is 0 Å². The van der Waals surface area contributed by atoms with Crippen LogP contribution in [-0.2, 0) is 4.74 Å². The molecule has 1 unspecified atom stereocenters. The average Bonchev–Trinajstić information content (AvgIpc) is 2.26. The van der Waals surface area contributed by atoms with Crippen LogP contribution in [0.2, 0.25) is 0 Å². The Kier molecular flexibility index (Phi) is 4.79. The zero-order valence-electron chi connectivity index (χ0n) is 9.69. The minimum atomic E-state index is -0.125. The highest BCUT2D eigenvalue weighted by molar-refractivity contribution is 5.95. The molecule has 1 aromatic carbocycles. The quantitative estimate of drug-likeness (QED) is 0.741. The highest BCUT2D eigenvalue weighted by atomic mass is 16.5. The predicted molar refractivity (Wildman–Crippen MR) is 64.3 cm³/mol. The van der Waals surface area contributed by atoms with Gasteiger partial charge in [0, 0.05) is 23.9 Å². The van der Waals surface area contributed by atoms with Gasteiger partial charge in [-0.2, -0.15) is 0 Å². The largest absolute Gasteiger partial charge is 0.399 e. The number of nitrogens with two attached hydrogens (primary N) is 1. The van der Waals surface area contributed by atoms with Crippen molar-refractivity contribution in [1.29, 1.82) is 0 Å². The zero-order valence-corrected chi connectivity index (χ0v) is 9.69. The summed E-state index contributed by atoms with van der Waals surface area (Å²) in [7, 11) is 0. The summed E-state index contributed by atoms with van der Waals surface area (Å²) < 4.78 is 5.22. The third-order valence-electron chi connectivity index (χ3n) is 2.10. The maximum Gasteiger partial charge on any atom is 0.251 e. The van der Waals surface area contributed by atoms with Crippen molar-refractivity contribution in [2.75, 3.05) is 18.9 Å². The molecule has 0 heterocycles. The number of hydrogen-bond acceptors (Lipinski definition) is 3. The van der Waals surface area contributed by atoms with Crippen molar-refractivity contribution in [1.82, 2.24) is 5.32 Å². The Morgan fingerprint density at radius 1 is 1.56 bits per heavy atom. The molecule has 1 atom stereocenters. The van der Waals surface area contributed by atoms with Gasteiger partial charge in [-0.25, -0.2) is 0 Å². The molecule has 0 aliphatic carbocycles. The molecule has 0 aliphatic heterocycles. The van der Waals surface area contributed by atoms with E-state index in [1.807, 2.05) is 13.8 Å². The molecule has 4 nitrogen and oxygen atoms in total. The summed E-state index contributed by atoms with van der Waals surface area (Å²) >= 11 is 0. The first kappa shape index (κ1) is 12.5. The van der Waals surface area contributed by atoms with Crippen LogP contribution < -0.4 is 11.1 Å². The van der Waals surface area contributed by atoms with Gasteiger partial charge in [-0.1, -0.05) is 6.07 Å². The molecule has 0 aliphatic rings. The number of hydrogen-bond donors (Lipinski definition) is 2. The van der Waals surface area contributed by atoms with Gasteiger partial charge in [0.1, 0.15) is 0 Å². The number of nitrogens with one attached hydrogen (secondary N) is 1. The van der Waals surface area contributed by atoms with Crippen molar-refractivity contribution in [3.63, 3.8) is 0 Å². The van der Waals surface area contributed by atoms with Gasteiger partial charge < -0.3 is 15.8 Å². The Hall–Kier alpha value is -1.55. The Balaban J connectivity index is 2.52. The molecule has 1 rings (SSSR count). The first-order chi connectivity index (χ1) is 7.63. The second-order valence-corrected chi connectivity index (χ2v) is 3.66. The Bertz CT molecular complexity index is 353. The van der Waals surface area contributed by atoms with Gasteiger partial charge in [0.2, 0.25) is 0 Å². The van der Waals surface area contributed by atoms with Gasteiger partial charge in [0.05, 0.1) is 6.61 Å². The van der Waals surface area contributed by atoms with Crippen LogP contribution in [0.5, 0.6) is 0 Å². The molecular weight excluding hydrogens is 204 g/mol. The molecule has 0 saturated carbocycles. The predicted octanol–water partition coefficient (Wildman–Crippen LogP) is 1.42.